The molecule has 1 fully saturated rings. The predicted octanol–water partition coefficient (Wildman–Crippen LogP) is 3.39. The van der Waals surface area contributed by atoms with Crippen molar-refractivity contribution in [2.75, 3.05) is 25.5 Å². The summed E-state index contributed by atoms with van der Waals surface area (Å²) in [6.45, 7) is 0.982. The third kappa shape index (κ3) is 4.85. The standard InChI is InChI=1S/C21H22F2N2O3/c1-28-17-5-2-14(3-6-17)12-20(26)25-10-8-15(9-11-25)21(27)24-16-4-7-18(22)19(23)13-16/h2-7,13,15H,8-12H2,1H3,(H,24,27). The molecule has 0 spiro atoms. The number of halogens is 2. The van der Waals surface area contributed by atoms with E-state index in [1.54, 1.807) is 12.0 Å². The fourth-order valence-electron chi connectivity index (χ4n) is 3.24. The van der Waals surface area contributed by atoms with Gasteiger partial charge in [0.2, 0.25) is 11.8 Å². The number of benzene rings is 2. The van der Waals surface area contributed by atoms with Crippen LogP contribution in [-0.4, -0.2) is 36.9 Å². The van der Waals surface area contributed by atoms with Crippen molar-refractivity contribution in [3.63, 3.8) is 0 Å². The van der Waals surface area contributed by atoms with Gasteiger partial charge in [-0.05, 0) is 42.7 Å². The van der Waals surface area contributed by atoms with Crippen LogP contribution in [-0.2, 0) is 16.0 Å². The van der Waals surface area contributed by atoms with E-state index in [1.807, 2.05) is 24.3 Å². The van der Waals surface area contributed by atoms with Crippen molar-refractivity contribution in [1.29, 1.82) is 0 Å². The number of hydrogen-bond acceptors (Lipinski definition) is 3. The molecule has 0 atom stereocenters. The summed E-state index contributed by atoms with van der Waals surface area (Å²) >= 11 is 0. The highest BCUT2D eigenvalue weighted by atomic mass is 19.2. The highest BCUT2D eigenvalue weighted by Crippen LogP contribution is 2.21. The molecule has 0 radical (unpaired) electrons. The summed E-state index contributed by atoms with van der Waals surface area (Å²) in [5, 5.41) is 2.61. The van der Waals surface area contributed by atoms with Crippen molar-refractivity contribution < 1.29 is 23.1 Å². The number of rotatable bonds is 5. The molecule has 3 rings (SSSR count). The number of nitrogens with one attached hydrogen (secondary N) is 1. The van der Waals surface area contributed by atoms with E-state index in [9.17, 15) is 18.4 Å². The molecule has 0 bridgehead atoms. The van der Waals surface area contributed by atoms with Gasteiger partial charge in [-0.15, -0.1) is 0 Å². The van der Waals surface area contributed by atoms with Crippen molar-refractivity contribution in [3.8, 4) is 5.75 Å². The smallest absolute Gasteiger partial charge is 0.227 e. The number of methoxy groups -OCH3 is 1. The molecule has 1 aliphatic heterocycles. The molecule has 0 unspecified atom stereocenters. The molecule has 1 heterocycles. The van der Waals surface area contributed by atoms with Crippen molar-refractivity contribution >= 4 is 17.5 Å². The number of likely N-dealkylation sites (tertiary alicyclic amines) is 1. The van der Waals surface area contributed by atoms with Crippen LogP contribution in [0.25, 0.3) is 0 Å². The average Bonchev–Trinajstić information content (AvgIpc) is 2.71. The van der Waals surface area contributed by atoms with Gasteiger partial charge >= 0.3 is 0 Å². The maximum atomic E-state index is 13.3. The van der Waals surface area contributed by atoms with Crippen LogP contribution in [0.15, 0.2) is 42.5 Å². The van der Waals surface area contributed by atoms with Gasteiger partial charge in [-0.1, -0.05) is 12.1 Å². The summed E-state index contributed by atoms with van der Waals surface area (Å²) in [6, 6.07) is 10.6. The van der Waals surface area contributed by atoms with Crippen LogP contribution in [0.5, 0.6) is 5.75 Å². The summed E-state index contributed by atoms with van der Waals surface area (Å²) in [5.41, 5.74) is 1.13. The first-order chi connectivity index (χ1) is 13.5. The highest BCUT2D eigenvalue weighted by Gasteiger charge is 2.27. The molecule has 1 saturated heterocycles. The average molecular weight is 388 g/mol. The topological polar surface area (TPSA) is 58.6 Å². The van der Waals surface area contributed by atoms with Gasteiger partial charge in [0.15, 0.2) is 11.6 Å². The first-order valence-corrected chi connectivity index (χ1v) is 9.13. The number of hydrogen-bond donors (Lipinski definition) is 1. The minimum absolute atomic E-state index is 0.0182. The Bertz CT molecular complexity index is 847. The zero-order valence-corrected chi connectivity index (χ0v) is 15.6. The first-order valence-electron chi connectivity index (χ1n) is 9.13. The maximum absolute atomic E-state index is 13.3. The van der Waals surface area contributed by atoms with Crippen LogP contribution in [0.2, 0.25) is 0 Å². The van der Waals surface area contributed by atoms with Crippen molar-refractivity contribution in [2.24, 2.45) is 5.92 Å². The van der Waals surface area contributed by atoms with Crippen molar-refractivity contribution in [2.45, 2.75) is 19.3 Å². The van der Waals surface area contributed by atoms with Crippen LogP contribution >= 0.6 is 0 Å². The molecule has 7 heteroatoms. The summed E-state index contributed by atoms with van der Waals surface area (Å²) in [5.74, 6) is -1.71. The van der Waals surface area contributed by atoms with Crippen LogP contribution in [0.4, 0.5) is 14.5 Å². The molecule has 1 N–H and O–H groups in total. The molecule has 2 aromatic carbocycles. The third-order valence-corrected chi connectivity index (χ3v) is 4.92. The van der Waals surface area contributed by atoms with Gasteiger partial charge in [-0.3, -0.25) is 9.59 Å². The largest absolute Gasteiger partial charge is 0.497 e. The van der Waals surface area contributed by atoms with Gasteiger partial charge < -0.3 is 15.0 Å². The fourth-order valence-corrected chi connectivity index (χ4v) is 3.24. The second-order valence-corrected chi connectivity index (χ2v) is 6.80. The molecule has 2 aromatic rings. The Labute approximate surface area is 162 Å². The lowest BCUT2D eigenvalue weighted by atomic mass is 9.95. The molecular formula is C21H22F2N2O3. The summed E-state index contributed by atoms with van der Waals surface area (Å²) < 4.78 is 31.3. The number of carbonyl (C=O) groups excluding carboxylic acids is 2. The van der Waals surface area contributed by atoms with Crippen LogP contribution < -0.4 is 10.1 Å². The molecule has 0 aliphatic carbocycles. The number of ether oxygens (including phenoxy) is 1. The van der Waals surface area contributed by atoms with E-state index in [0.29, 0.717) is 32.4 Å². The number of carbonyl (C=O) groups is 2. The van der Waals surface area contributed by atoms with E-state index in [-0.39, 0.29) is 23.4 Å². The Balaban J connectivity index is 1.49. The Morgan fingerprint density at radius 3 is 2.36 bits per heavy atom. The molecule has 148 valence electrons. The number of amides is 2. The fraction of sp³-hybridized carbons (Fsp3) is 0.333. The minimum atomic E-state index is -1.00. The predicted molar refractivity (Wildman–Crippen MR) is 101 cm³/mol. The van der Waals surface area contributed by atoms with Gasteiger partial charge in [0.25, 0.3) is 0 Å². The van der Waals surface area contributed by atoms with Gasteiger partial charge in [-0.25, -0.2) is 8.78 Å². The molecule has 0 aromatic heterocycles. The van der Waals surface area contributed by atoms with Gasteiger partial charge in [-0.2, -0.15) is 0 Å². The highest BCUT2D eigenvalue weighted by molar-refractivity contribution is 5.92. The van der Waals surface area contributed by atoms with E-state index >= 15 is 0 Å². The summed E-state index contributed by atoms with van der Waals surface area (Å²) in [7, 11) is 1.59. The van der Waals surface area contributed by atoms with E-state index < -0.39 is 11.6 Å². The number of nitrogens with zero attached hydrogens (tertiary/aromatic N) is 1. The van der Waals surface area contributed by atoms with Crippen molar-refractivity contribution in [1.82, 2.24) is 4.90 Å². The SMILES string of the molecule is COc1ccc(CC(=O)N2CCC(C(=O)Nc3ccc(F)c(F)c3)CC2)cc1. The minimum Gasteiger partial charge on any atom is -0.497 e. The van der Waals surface area contributed by atoms with E-state index in [2.05, 4.69) is 5.32 Å². The van der Waals surface area contributed by atoms with Crippen LogP contribution in [0.3, 0.4) is 0 Å². The second-order valence-electron chi connectivity index (χ2n) is 6.80. The van der Waals surface area contributed by atoms with Crippen LogP contribution in [0.1, 0.15) is 18.4 Å². The molecular weight excluding hydrogens is 366 g/mol. The maximum Gasteiger partial charge on any atom is 0.227 e. The molecule has 28 heavy (non-hydrogen) atoms. The quantitative estimate of drug-likeness (QED) is 0.854. The van der Waals surface area contributed by atoms with Gasteiger partial charge in [0, 0.05) is 30.8 Å². The third-order valence-electron chi connectivity index (χ3n) is 4.92. The number of anilines is 1. The Hall–Kier alpha value is -2.96. The van der Waals surface area contributed by atoms with Crippen LogP contribution in [0, 0.1) is 17.6 Å². The van der Waals surface area contributed by atoms with E-state index in [1.165, 1.54) is 6.07 Å². The van der Waals surface area contributed by atoms with Crippen molar-refractivity contribution in [3.05, 3.63) is 59.7 Å². The zero-order valence-electron chi connectivity index (χ0n) is 15.6. The lowest BCUT2D eigenvalue weighted by Gasteiger charge is -2.31. The van der Waals surface area contributed by atoms with Gasteiger partial charge in [0.05, 0.1) is 13.5 Å². The first kappa shape index (κ1) is 19.8. The Morgan fingerprint density at radius 1 is 1.07 bits per heavy atom. The molecule has 1 aliphatic rings. The van der Waals surface area contributed by atoms with E-state index in [4.69, 9.17) is 4.74 Å². The molecule has 5 nitrogen and oxygen atoms in total. The Kier molecular flexibility index (Phi) is 6.23. The lowest BCUT2D eigenvalue weighted by molar-refractivity contribution is -0.133. The number of piperidine rings is 1. The lowest BCUT2D eigenvalue weighted by Crippen LogP contribution is -2.42. The zero-order chi connectivity index (χ0) is 20.1. The normalized spacial score (nSPS) is 14.6. The van der Waals surface area contributed by atoms with Gasteiger partial charge in [0.1, 0.15) is 5.75 Å². The molecule has 0 saturated carbocycles. The summed E-state index contributed by atoms with van der Waals surface area (Å²) in [6.07, 6.45) is 1.36. The van der Waals surface area contributed by atoms with E-state index in [0.717, 1.165) is 23.4 Å². The monoisotopic (exact) mass is 388 g/mol. The Morgan fingerprint density at radius 2 is 1.75 bits per heavy atom. The second kappa shape index (κ2) is 8.82. The molecule has 2 amide bonds. The summed E-state index contributed by atoms with van der Waals surface area (Å²) in [4.78, 5) is 26.6.